The van der Waals surface area contributed by atoms with Crippen LogP contribution in [0.15, 0.2) is 36.4 Å². The number of rotatable bonds is 3. The number of halogens is 1. The second-order valence-corrected chi connectivity index (χ2v) is 7.08. The molecular weight excluding hydrogens is 336 g/mol. The summed E-state index contributed by atoms with van der Waals surface area (Å²) in [6.45, 7) is 6.22. The van der Waals surface area contributed by atoms with Gasteiger partial charge in [-0.05, 0) is 55.7 Å². The summed E-state index contributed by atoms with van der Waals surface area (Å²) in [7, 11) is 0. The number of anilines is 2. The molecule has 1 saturated heterocycles. The lowest BCUT2D eigenvalue weighted by Gasteiger charge is -2.21. The first kappa shape index (κ1) is 17.5. The Morgan fingerprint density at radius 3 is 2.60 bits per heavy atom. The molecule has 130 valence electrons. The van der Waals surface area contributed by atoms with Crippen LogP contribution in [0.5, 0.6) is 0 Å². The Balaban J connectivity index is 1.77. The predicted molar refractivity (Wildman–Crippen MR) is 101 cm³/mol. The lowest BCUT2D eigenvalue weighted by Crippen LogP contribution is -2.28. The monoisotopic (exact) mass is 356 g/mol. The van der Waals surface area contributed by atoms with Crippen molar-refractivity contribution in [1.29, 1.82) is 0 Å². The van der Waals surface area contributed by atoms with E-state index in [0.717, 1.165) is 22.4 Å². The second-order valence-electron chi connectivity index (χ2n) is 6.68. The highest BCUT2D eigenvalue weighted by Crippen LogP contribution is 2.35. The minimum atomic E-state index is -0.384. The molecule has 2 aromatic rings. The summed E-state index contributed by atoms with van der Waals surface area (Å²) in [5.41, 5.74) is 4.53. The topological polar surface area (TPSA) is 49.4 Å². The van der Waals surface area contributed by atoms with Gasteiger partial charge in [0, 0.05) is 18.7 Å². The van der Waals surface area contributed by atoms with E-state index in [4.69, 9.17) is 11.6 Å². The molecule has 1 atom stereocenters. The maximum absolute atomic E-state index is 12.5. The molecule has 5 heteroatoms. The Kier molecular flexibility index (Phi) is 4.82. The molecule has 0 radical (unpaired) electrons. The van der Waals surface area contributed by atoms with Crippen molar-refractivity contribution in [1.82, 2.24) is 0 Å². The molecule has 1 aliphatic rings. The third kappa shape index (κ3) is 3.69. The fourth-order valence-electron chi connectivity index (χ4n) is 3.32. The first-order valence-corrected chi connectivity index (χ1v) is 8.67. The van der Waals surface area contributed by atoms with Gasteiger partial charge in [-0.3, -0.25) is 9.59 Å². The molecule has 0 aromatic heterocycles. The molecule has 0 aliphatic carbocycles. The second kappa shape index (κ2) is 6.89. The number of nitrogens with one attached hydrogen (secondary N) is 1. The summed E-state index contributed by atoms with van der Waals surface area (Å²) in [5.74, 6) is -0.592. The predicted octanol–water partition coefficient (Wildman–Crippen LogP) is 4.26. The first-order valence-electron chi connectivity index (χ1n) is 8.30. The van der Waals surface area contributed by atoms with Crippen LogP contribution in [0.4, 0.5) is 11.4 Å². The van der Waals surface area contributed by atoms with E-state index in [0.29, 0.717) is 17.3 Å². The number of hydrogen-bond donors (Lipinski definition) is 1. The Bertz CT molecular complexity index is 824. The normalized spacial score (nSPS) is 17.0. The molecule has 1 fully saturated rings. The van der Waals surface area contributed by atoms with Gasteiger partial charge in [0.05, 0.1) is 16.6 Å². The maximum Gasteiger partial charge on any atom is 0.229 e. The molecule has 2 aromatic carbocycles. The van der Waals surface area contributed by atoms with Crippen molar-refractivity contribution in [3.05, 3.63) is 58.1 Å². The van der Waals surface area contributed by atoms with E-state index in [-0.39, 0.29) is 24.2 Å². The molecule has 0 saturated carbocycles. The Hall–Kier alpha value is -2.33. The molecule has 0 bridgehead atoms. The molecule has 1 N–H and O–H groups in total. The van der Waals surface area contributed by atoms with Crippen LogP contribution < -0.4 is 10.2 Å². The quantitative estimate of drug-likeness (QED) is 0.893. The summed E-state index contributed by atoms with van der Waals surface area (Å²) in [5, 5.41) is 3.45. The summed E-state index contributed by atoms with van der Waals surface area (Å²) >= 11 is 6.36. The van der Waals surface area contributed by atoms with Gasteiger partial charge in [0.25, 0.3) is 0 Å². The minimum absolute atomic E-state index is 0.0711. The zero-order valence-electron chi connectivity index (χ0n) is 14.6. The lowest BCUT2D eigenvalue weighted by molar-refractivity contribution is -0.122. The average molecular weight is 357 g/mol. The van der Waals surface area contributed by atoms with Crippen molar-refractivity contribution in [2.24, 2.45) is 5.92 Å². The Morgan fingerprint density at radius 1 is 1.16 bits per heavy atom. The van der Waals surface area contributed by atoms with Crippen molar-refractivity contribution >= 4 is 34.8 Å². The number of carbonyl (C=O) groups excluding carboxylic acids is 2. The van der Waals surface area contributed by atoms with E-state index >= 15 is 0 Å². The van der Waals surface area contributed by atoms with Gasteiger partial charge in [0.1, 0.15) is 0 Å². The van der Waals surface area contributed by atoms with Gasteiger partial charge in [0.2, 0.25) is 11.8 Å². The van der Waals surface area contributed by atoms with Gasteiger partial charge in [0.15, 0.2) is 0 Å². The van der Waals surface area contributed by atoms with Crippen molar-refractivity contribution in [3.8, 4) is 0 Å². The highest BCUT2D eigenvalue weighted by molar-refractivity contribution is 6.34. The third-order valence-electron chi connectivity index (χ3n) is 4.45. The molecule has 4 nitrogen and oxygen atoms in total. The first-order chi connectivity index (χ1) is 11.8. The van der Waals surface area contributed by atoms with Gasteiger partial charge in [-0.15, -0.1) is 0 Å². The van der Waals surface area contributed by atoms with Gasteiger partial charge in [-0.1, -0.05) is 29.8 Å². The van der Waals surface area contributed by atoms with Crippen LogP contribution >= 0.6 is 11.6 Å². The molecule has 2 amide bonds. The number of aryl methyl sites for hydroxylation is 3. The highest BCUT2D eigenvalue weighted by atomic mass is 35.5. The number of amides is 2. The zero-order chi connectivity index (χ0) is 18.1. The average Bonchev–Trinajstić information content (AvgIpc) is 2.88. The van der Waals surface area contributed by atoms with E-state index in [1.807, 2.05) is 57.2 Å². The lowest BCUT2D eigenvalue weighted by atomic mass is 10.1. The van der Waals surface area contributed by atoms with Crippen LogP contribution in [0.25, 0.3) is 0 Å². The van der Waals surface area contributed by atoms with Crippen LogP contribution in [-0.4, -0.2) is 18.4 Å². The van der Waals surface area contributed by atoms with Gasteiger partial charge < -0.3 is 10.2 Å². The molecule has 25 heavy (non-hydrogen) atoms. The number of hydrogen-bond acceptors (Lipinski definition) is 2. The van der Waals surface area contributed by atoms with Crippen molar-refractivity contribution in [3.63, 3.8) is 0 Å². The van der Waals surface area contributed by atoms with Gasteiger partial charge in [-0.2, -0.15) is 0 Å². The van der Waals surface area contributed by atoms with Crippen molar-refractivity contribution in [2.45, 2.75) is 27.2 Å². The summed E-state index contributed by atoms with van der Waals surface area (Å²) < 4.78 is 0. The van der Waals surface area contributed by atoms with Gasteiger partial charge >= 0.3 is 0 Å². The number of benzene rings is 2. The zero-order valence-corrected chi connectivity index (χ0v) is 15.4. The van der Waals surface area contributed by atoms with E-state index < -0.39 is 0 Å². The smallest absolute Gasteiger partial charge is 0.229 e. The standard InChI is InChI=1S/C20H21ClN2O2/c1-12-5-4-6-16(8-12)22-20(25)15-10-18(24)23(11-15)19-14(3)7-13(2)9-17(19)21/h4-9,15H,10-11H2,1-3H3,(H,22,25). The van der Waals surface area contributed by atoms with E-state index in [1.165, 1.54) is 0 Å². The summed E-state index contributed by atoms with van der Waals surface area (Å²) in [6, 6.07) is 11.5. The maximum atomic E-state index is 12.5. The largest absolute Gasteiger partial charge is 0.326 e. The third-order valence-corrected chi connectivity index (χ3v) is 4.74. The Morgan fingerprint density at radius 2 is 1.92 bits per heavy atom. The molecule has 1 unspecified atom stereocenters. The molecule has 3 rings (SSSR count). The number of carbonyl (C=O) groups is 2. The highest BCUT2D eigenvalue weighted by Gasteiger charge is 2.36. The van der Waals surface area contributed by atoms with E-state index in [2.05, 4.69) is 5.32 Å². The van der Waals surface area contributed by atoms with Crippen LogP contribution in [-0.2, 0) is 9.59 Å². The van der Waals surface area contributed by atoms with Crippen molar-refractivity contribution < 1.29 is 9.59 Å². The molecule has 1 heterocycles. The summed E-state index contributed by atoms with van der Waals surface area (Å²) in [6.07, 6.45) is 0.196. The van der Waals surface area contributed by atoms with Gasteiger partial charge in [-0.25, -0.2) is 0 Å². The summed E-state index contributed by atoms with van der Waals surface area (Å²) in [4.78, 5) is 26.7. The van der Waals surface area contributed by atoms with Crippen LogP contribution in [0.1, 0.15) is 23.1 Å². The number of nitrogens with zero attached hydrogens (tertiary/aromatic N) is 1. The molecular formula is C20H21ClN2O2. The van der Waals surface area contributed by atoms with Crippen LogP contribution in [0.2, 0.25) is 5.02 Å². The minimum Gasteiger partial charge on any atom is -0.326 e. The fourth-order valence-corrected chi connectivity index (χ4v) is 3.74. The van der Waals surface area contributed by atoms with E-state index in [1.54, 1.807) is 4.90 Å². The fraction of sp³-hybridized carbons (Fsp3) is 0.300. The van der Waals surface area contributed by atoms with Crippen molar-refractivity contribution in [2.75, 3.05) is 16.8 Å². The van der Waals surface area contributed by atoms with Crippen LogP contribution in [0, 0.1) is 26.7 Å². The van der Waals surface area contributed by atoms with E-state index in [9.17, 15) is 9.59 Å². The van der Waals surface area contributed by atoms with Crippen LogP contribution in [0.3, 0.4) is 0 Å². The molecule has 1 aliphatic heterocycles. The molecule has 0 spiro atoms. The Labute approximate surface area is 152 Å². The SMILES string of the molecule is Cc1cccc(NC(=O)C2CC(=O)N(c3c(C)cc(C)cc3Cl)C2)c1.